The van der Waals surface area contributed by atoms with Gasteiger partial charge in [0.2, 0.25) is 5.78 Å². The van der Waals surface area contributed by atoms with Crippen LogP contribution < -0.4 is 10.5 Å². The summed E-state index contributed by atoms with van der Waals surface area (Å²) in [6.07, 6.45) is 1.60. The minimum atomic E-state index is -0.202. The van der Waals surface area contributed by atoms with Gasteiger partial charge in [-0.05, 0) is 19.1 Å². The molecule has 100 valence electrons. The number of ketones is 1. The van der Waals surface area contributed by atoms with Gasteiger partial charge in [-0.3, -0.25) is 9.48 Å². The van der Waals surface area contributed by atoms with E-state index in [4.69, 9.17) is 10.5 Å². The highest BCUT2D eigenvalue weighted by Crippen LogP contribution is 2.20. The summed E-state index contributed by atoms with van der Waals surface area (Å²) in [7, 11) is 0. The van der Waals surface area contributed by atoms with Crippen LogP contribution in [-0.4, -0.2) is 33.9 Å². The first-order valence-corrected chi connectivity index (χ1v) is 6.13. The Morgan fingerprint density at radius 1 is 1.42 bits per heavy atom. The molecule has 0 unspecified atom stereocenters. The summed E-state index contributed by atoms with van der Waals surface area (Å²) in [6.45, 7) is 3.36. The second-order valence-electron chi connectivity index (χ2n) is 3.91. The van der Waals surface area contributed by atoms with E-state index in [2.05, 4.69) is 10.3 Å². The predicted octanol–water partition coefficient (Wildman–Crippen LogP) is 0.866. The van der Waals surface area contributed by atoms with Gasteiger partial charge in [0, 0.05) is 6.54 Å². The number of carbonyl (C=O) groups excluding carboxylic acids is 1. The Balaban J connectivity index is 2.27. The Morgan fingerprint density at radius 2 is 2.21 bits per heavy atom. The largest absolute Gasteiger partial charge is 0.493 e. The quantitative estimate of drug-likeness (QED) is 0.779. The molecule has 2 N–H and O–H groups in total. The van der Waals surface area contributed by atoms with E-state index in [1.807, 2.05) is 13.0 Å². The van der Waals surface area contributed by atoms with Crippen LogP contribution in [0.2, 0.25) is 0 Å². The van der Waals surface area contributed by atoms with E-state index in [0.29, 0.717) is 36.7 Å². The van der Waals surface area contributed by atoms with Crippen molar-refractivity contribution < 1.29 is 9.53 Å². The Morgan fingerprint density at radius 3 is 2.95 bits per heavy atom. The Bertz CT molecular complexity index is 565. The van der Waals surface area contributed by atoms with E-state index < -0.39 is 0 Å². The lowest BCUT2D eigenvalue weighted by atomic mass is 10.1. The third-order valence-corrected chi connectivity index (χ3v) is 2.56. The fourth-order valence-electron chi connectivity index (χ4n) is 1.72. The van der Waals surface area contributed by atoms with Crippen LogP contribution in [0, 0.1) is 0 Å². The first-order chi connectivity index (χ1) is 9.26. The number of para-hydroxylation sites is 1. The first kappa shape index (κ1) is 13.2. The van der Waals surface area contributed by atoms with Crippen LogP contribution in [0.1, 0.15) is 23.0 Å². The van der Waals surface area contributed by atoms with Crippen molar-refractivity contribution in [3.63, 3.8) is 0 Å². The topological polar surface area (TPSA) is 83.0 Å². The van der Waals surface area contributed by atoms with Gasteiger partial charge in [-0.2, -0.15) is 0 Å². The summed E-state index contributed by atoms with van der Waals surface area (Å²) < 4.78 is 6.99. The van der Waals surface area contributed by atoms with Crippen LogP contribution >= 0.6 is 0 Å². The lowest BCUT2D eigenvalue weighted by Gasteiger charge is -2.07. The smallest absolute Gasteiger partial charge is 0.218 e. The zero-order chi connectivity index (χ0) is 13.7. The fourth-order valence-corrected chi connectivity index (χ4v) is 1.72. The molecule has 6 heteroatoms. The Hall–Kier alpha value is -2.21. The molecule has 2 aromatic rings. The van der Waals surface area contributed by atoms with Crippen LogP contribution in [0.25, 0.3) is 0 Å². The van der Waals surface area contributed by atoms with Gasteiger partial charge in [-0.25, -0.2) is 0 Å². The number of hydrogen-bond donors (Lipinski definition) is 1. The van der Waals surface area contributed by atoms with Crippen LogP contribution in [0.3, 0.4) is 0 Å². The molecule has 0 bridgehead atoms. The van der Waals surface area contributed by atoms with Gasteiger partial charge < -0.3 is 10.5 Å². The van der Waals surface area contributed by atoms with Crippen molar-refractivity contribution in [2.45, 2.75) is 13.5 Å². The Kier molecular flexibility index (Phi) is 4.25. The molecule has 1 heterocycles. The molecule has 0 amide bonds. The average molecular weight is 260 g/mol. The van der Waals surface area contributed by atoms with Gasteiger partial charge in [-0.1, -0.05) is 17.3 Å². The molecule has 1 aromatic carbocycles. The van der Waals surface area contributed by atoms with Gasteiger partial charge in [-0.15, -0.1) is 5.10 Å². The third-order valence-electron chi connectivity index (χ3n) is 2.56. The summed E-state index contributed by atoms with van der Waals surface area (Å²) in [5, 5.41) is 7.72. The molecule has 0 fully saturated rings. The summed E-state index contributed by atoms with van der Waals surface area (Å²) in [6, 6.07) is 7.10. The van der Waals surface area contributed by atoms with Crippen molar-refractivity contribution in [3.05, 3.63) is 41.7 Å². The van der Waals surface area contributed by atoms with Crippen LogP contribution in [0.4, 0.5) is 0 Å². The van der Waals surface area contributed by atoms with Crippen molar-refractivity contribution >= 4 is 5.78 Å². The molecule has 0 radical (unpaired) electrons. The van der Waals surface area contributed by atoms with Crippen molar-refractivity contribution in [2.24, 2.45) is 5.73 Å². The summed E-state index contributed by atoms with van der Waals surface area (Å²) in [4.78, 5) is 12.3. The summed E-state index contributed by atoms with van der Waals surface area (Å²) in [5.74, 6) is 0.357. The van der Waals surface area contributed by atoms with Crippen LogP contribution in [-0.2, 0) is 6.54 Å². The van der Waals surface area contributed by atoms with E-state index in [1.54, 1.807) is 29.1 Å². The van der Waals surface area contributed by atoms with E-state index in [9.17, 15) is 4.79 Å². The van der Waals surface area contributed by atoms with Gasteiger partial charge in [0.05, 0.1) is 24.9 Å². The molecule has 0 saturated carbocycles. The minimum Gasteiger partial charge on any atom is -0.493 e. The molecule has 1 aromatic heterocycles. The zero-order valence-electron chi connectivity index (χ0n) is 10.7. The maximum atomic E-state index is 12.3. The summed E-state index contributed by atoms with van der Waals surface area (Å²) in [5.41, 5.74) is 6.21. The van der Waals surface area contributed by atoms with E-state index in [-0.39, 0.29) is 5.78 Å². The molecule has 0 aliphatic rings. The molecule has 0 aliphatic carbocycles. The highest BCUT2D eigenvalue weighted by Gasteiger charge is 2.17. The van der Waals surface area contributed by atoms with Crippen molar-refractivity contribution in [3.8, 4) is 5.75 Å². The van der Waals surface area contributed by atoms with Gasteiger partial charge >= 0.3 is 0 Å². The number of benzene rings is 1. The standard InChI is InChI=1S/C13H16N4O2/c1-2-19-12-6-4-3-5-10(12)13(18)11-9-17(8-7-14)16-15-11/h3-6,9H,2,7-8,14H2,1H3. The van der Waals surface area contributed by atoms with Gasteiger partial charge in [0.15, 0.2) is 5.69 Å². The molecule has 0 aliphatic heterocycles. The predicted molar refractivity (Wildman–Crippen MR) is 70.1 cm³/mol. The molecule has 2 rings (SSSR count). The van der Waals surface area contributed by atoms with Crippen LogP contribution in [0.5, 0.6) is 5.75 Å². The van der Waals surface area contributed by atoms with E-state index in [0.717, 1.165) is 0 Å². The molecular weight excluding hydrogens is 244 g/mol. The molecular formula is C13H16N4O2. The zero-order valence-corrected chi connectivity index (χ0v) is 10.7. The highest BCUT2D eigenvalue weighted by molar-refractivity contribution is 6.09. The highest BCUT2D eigenvalue weighted by atomic mass is 16.5. The minimum absolute atomic E-state index is 0.202. The lowest BCUT2D eigenvalue weighted by molar-refractivity contribution is 0.103. The third kappa shape index (κ3) is 2.97. The number of rotatable bonds is 6. The number of ether oxygens (including phenoxy) is 1. The van der Waals surface area contributed by atoms with Crippen molar-refractivity contribution in [2.75, 3.05) is 13.2 Å². The summed E-state index contributed by atoms with van der Waals surface area (Å²) >= 11 is 0. The average Bonchev–Trinajstić information content (AvgIpc) is 2.88. The van der Waals surface area contributed by atoms with Crippen molar-refractivity contribution in [1.82, 2.24) is 15.0 Å². The fraction of sp³-hybridized carbons (Fsp3) is 0.308. The normalized spacial score (nSPS) is 10.4. The molecule has 0 saturated heterocycles. The van der Waals surface area contributed by atoms with E-state index in [1.165, 1.54) is 0 Å². The first-order valence-electron chi connectivity index (χ1n) is 6.13. The number of carbonyl (C=O) groups is 1. The van der Waals surface area contributed by atoms with E-state index >= 15 is 0 Å². The maximum absolute atomic E-state index is 12.3. The van der Waals surface area contributed by atoms with Crippen molar-refractivity contribution in [1.29, 1.82) is 0 Å². The Labute approximate surface area is 111 Å². The van der Waals surface area contributed by atoms with Crippen LogP contribution in [0.15, 0.2) is 30.5 Å². The number of nitrogens with two attached hydrogens (primary N) is 1. The SMILES string of the molecule is CCOc1ccccc1C(=O)c1cn(CCN)nn1. The number of hydrogen-bond acceptors (Lipinski definition) is 5. The second-order valence-corrected chi connectivity index (χ2v) is 3.91. The van der Waals surface area contributed by atoms with Gasteiger partial charge in [0.1, 0.15) is 5.75 Å². The lowest BCUT2D eigenvalue weighted by Crippen LogP contribution is -2.10. The van der Waals surface area contributed by atoms with Gasteiger partial charge in [0.25, 0.3) is 0 Å². The monoisotopic (exact) mass is 260 g/mol. The number of nitrogens with zero attached hydrogens (tertiary/aromatic N) is 3. The molecule has 6 nitrogen and oxygen atoms in total. The molecule has 19 heavy (non-hydrogen) atoms. The molecule has 0 atom stereocenters. The number of aromatic nitrogens is 3. The maximum Gasteiger partial charge on any atom is 0.218 e. The second kappa shape index (κ2) is 6.10. The molecule has 0 spiro atoms.